The van der Waals surface area contributed by atoms with Crippen LogP contribution in [-0.4, -0.2) is 63.4 Å². The number of morpholine rings is 1. The molecule has 0 spiro atoms. The first kappa shape index (κ1) is 18.5. The number of hydrogen-bond donors (Lipinski definition) is 1. The van der Waals surface area contributed by atoms with Crippen molar-refractivity contribution in [1.82, 2.24) is 10.2 Å². The van der Waals surface area contributed by atoms with Crippen molar-refractivity contribution in [2.24, 2.45) is 5.41 Å². The maximum atomic E-state index is 12.8. The van der Waals surface area contributed by atoms with E-state index in [-0.39, 0.29) is 11.3 Å². The summed E-state index contributed by atoms with van der Waals surface area (Å²) in [5, 5.41) is 4.15. The Bertz CT molecular complexity index is 789. The van der Waals surface area contributed by atoms with Crippen LogP contribution in [0, 0.1) is 12.3 Å². The lowest BCUT2D eigenvalue weighted by atomic mass is 9.79. The molecule has 1 aromatic carbocycles. The number of hydrogen-bond acceptors (Lipinski definition) is 5. The fourth-order valence-corrected chi connectivity index (χ4v) is 4.17. The molecule has 0 unspecified atom stereocenters. The van der Waals surface area contributed by atoms with E-state index < -0.39 is 0 Å². The highest BCUT2D eigenvalue weighted by molar-refractivity contribution is 5.98. The van der Waals surface area contributed by atoms with Crippen molar-refractivity contribution >= 4 is 16.9 Å². The number of fused-ring (bicyclic) bond motifs is 1. The van der Waals surface area contributed by atoms with Gasteiger partial charge >= 0.3 is 0 Å². The molecule has 3 heterocycles. The third-order valence-electron chi connectivity index (χ3n) is 5.89. The van der Waals surface area contributed by atoms with Crippen molar-refractivity contribution in [3.8, 4) is 0 Å². The van der Waals surface area contributed by atoms with Gasteiger partial charge in [0.1, 0.15) is 5.58 Å². The van der Waals surface area contributed by atoms with Gasteiger partial charge in [0.25, 0.3) is 5.91 Å². The molecule has 4 rings (SSSR count). The lowest BCUT2D eigenvalue weighted by Crippen LogP contribution is -2.50. The van der Waals surface area contributed by atoms with Crippen LogP contribution in [0.2, 0.25) is 0 Å². The first-order valence-corrected chi connectivity index (χ1v) is 9.81. The highest BCUT2D eigenvalue weighted by Crippen LogP contribution is 2.32. The highest BCUT2D eigenvalue weighted by Gasteiger charge is 2.35. The second-order valence-corrected chi connectivity index (χ2v) is 7.74. The Morgan fingerprint density at radius 2 is 1.81 bits per heavy atom. The number of furan rings is 1. The second kappa shape index (κ2) is 8.00. The smallest absolute Gasteiger partial charge is 0.287 e. The minimum Gasteiger partial charge on any atom is -0.451 e. The molecule has 2 fully saturated rings. The van der Waals surface area contributed by atoms with Crippen LogP contribution in [0.1, 0.15) is 29.0 Å². The van der Waals surface area contributed by atoms with Crippen LogP contribution < -0.4 is 5.32 Å². The second-order valence-electron chi connectivity index (χ2n) is 7.74. The van der Waals surface area contributed by atoms with Gasteiger partial charge in [-0.25, -0.2) is 0 Å². The van der Waals surface area contributed by atoms with E-state index in [4.69, 9.17) is 13.9 Å². The minimum absolute atomic E-state index is 0.0468. The van der Waals surface area contributed by atoms with Gasteiger partial charge in [-0.15, -0.1) is 0 Å². The van der Waals surface area contributed by atoms with Crippen molar-refractivity contribution in [2.45, 2.75) is 19.8 Å². The molecule has 2 aliphatic rings. The van der Waals surface area contributed by atoms with Gasteiger partial charge in [0.15, 0.2) is 5.76 Å². The van der Waals surface area contributed by atoms with Crippen LogP contribution >= 0.6 is 0 Å². The number of nitrogens with zero attached hydrogens (tertiary/aromatic N) is 1. The molecule has 0 atom stereocenters. The van der Waals surface area contributed by atoms with E-state index >= 15 is 0 Å². The Hall–Kier alpha value is -1.89. The molecule has 0 aliphatic carbocycles. The Balaban J connectivity index is 1.46. The molecular formula is C21H28N2O4. The van der Waals surface area contributed by atoms with Gasteiger partial charge in [0, 0.05) is 55.8 Å². The molecule has 0 bridgehead atoms. The van der Waals surface area contributed by atoms with Crippen LogP contribution in [0.15, 0.2) is 28.7 Å². The quantitative estimate of drug-likeness (QED) is 0.874. The number of benzene rings is 1. The molecule has 2 saturated heterocycles. The first-order chi connectivity index (χ1) is 13.2. The predicted molar refractivity (Wildman–Crippen MR) is 103 cm³/mol. The summed E-state index contributed by atoms with van der Waals surface area (Å²) in [6.45, 7) is 8.56. The van der Waals surface area contributed by atoms with E-state index in [2.05, 4.69) is 10.2 Å². The van der Waals surface area contributed by atoms with Gasteiger partial charge in [0.2, 0.25) is 0 Å². The zero-order valence-electron chi connectivity index (χ0n) is 16.0. The van der Waals surface area contributed by atoms with Crippen molar-refractivity contribution in [3.05, 3.63) is 35.6 Å². The summed E-state index contributed by atoms with van der Waals surface area (Å²) >= 11 is 0. The summed E-state index contributed by atoms with van der Waals surface area (Å²) in [4.78, 5) is 15.3. The van der Waals surface area contributed by atoms with E-state index in [1.165, 1.54) is 0 Å². The summed E-state index contributed by atoms with van der Waals surface area (Å²) in [5.74, 6) is 0.293. The lowest BCUT2D eigenvalue weighted by molar-refractivity contribution is -0.0283. The molecule has 6 heteroatoms. The number of rotatable bonds is 5. The Morgan fingerprint density at radius 3 is 2.56 bits per heavy atom. The van der Waals surface area contributed by atoms with Crippen LogP contribution in [-0.2, 0) is 9.47 Å². The summed E-state index contributed by atoms with van der Waals surface area (Å²) in [5.41, 5.74) is 1.71. The summed E-state index contributed by atoms with van der Waals surface area (Å²) in [6, 6.07) is 7.78. The third kappa shape index (κ3) is 4.03. The van der Waals surface area contributed by atoms with Crippen LogP contribution in [0.25, 0.3) is 11.0 Å². The summed E-state index contributed by atoms with van der Waals surface area (Å²) in [6.07, 6.45) is 1.92. The number of carbonyl (C=O) groups excluding carboxylic acids is 1. The average molecular weight is 372 g/mol. The molecular weight excluding hydrogens is 344 g/mol. The lowest BCUT2D eigenvalue weighted by Gasteiger charge is -2.42. The number of amides is 1. The molecule has 27 heavy (non-hydrogen) atoms. The monoisotopic (exact) mass is 372 g/mol. The zero-order valence-corrected chi connectivity index (χ0v) is 16.0. The number of para-hydroxylation sites is 1. The van der Waals surface area contributed by atoms with Gasteiger partial charge in [-0.3, -0.25) is 9.69 Å². The molecule has 1 N–H and O–H groups in total. The van der Waals surface area contributed by atoms with Crippen LogP contribution in [0.3, 0.4) is 0 Å². The Kier molecular flexibility index (Phi) is 5.48. The molecule has 0 saturated carbocycles. The number of ether oxygens (including phenoxy) is 2. The van der Waals surface area contributed by atoms with E-state index in [0.29, 0.717) is 12.3 Å². The van der Waals surface area contributed by atoms with E-state index in [0.717, 1.165) is 75.4 Å². The molecule has 2 aromatic rings. The molecule has 6 nitrogen and oxygen atoms in total. The minimum atomic E-state index is -0.128. The SMILES string of the molecule is Cc1c(C(=O)NCC2(CN3CCOCC3)CCOCC2)oc2ccccc12. The topological polar surface area (TPSA) is 63.9 Å². The molecule has 1 aromatic heterocycles. The van der Waals surface area contributed by atoms with Gasteiger partial charge in [0.05, 0.1) is 13.2 Å². The van der Waals surface area contributed by atoms with Gasteiger partial charge in [-0.2, -0.15) is 0 Å². The highest BCUT2D eigenvalue weighted by atomic mass is 16.5. The maximum absolute atomic E-state index is 12.8. The Morgan fingerprint density at radius 1 is 1.11 bits per heavy atom. The van der Waals surface area contributed by atoms with Gasteiger partial charge in [-0.1, -0.05) is 18.2 Å². The normalized spacial score (nSPS) is 20.6. The number of carbonyl (C=O) groups is 1. The van der Waals surface area contributed by atoms with Crippen molar-refractivity contribution in [2.75, 3.05) is 52.6 Å². The van der Waals surface area contributed by atoms with Gasteiger partial charge in [-0.05, 0) is 25.8 Å². The predicted octanol–water partition coefficient (Wildman–Crippen LogP) is 2.60. The fourth-order valence-electron chi connectivity index (χ4n) is 4.17. The maximum Gasteiger partial charge on any atom is 0.287 e. The fraction of sp³-hybridized carbons (Fsp3) is 0.571. The van der Waals surface area contributed by atoms with Crippen molar-refractivity contribution in [3.63, 3.8) is 0 Å². The van der Waals surface area contributed by atoms with E-state index in [1.807, 2.05) is 31.2 Å². The third-order valence-corrected chi connectivity index (χ3v) is 5.89. The molecule has 146 valence electrons. The molecule has 2 aliphatic heterocycles. The van der Waals surface area contributed by atoms with E-state index in [9.17, 15) is 4.79 Å². The average Bonchev–Trinajstić information content (AvgIpc) is 3.05. The standard InChI is InChI=1S/C21H28N2O4/c1-16-17-4-2-3-5-18(17)27-19(16)20(24)22-14-21(6-10-25-11-7-21)15-23-8-12-26-13-9-23/h2-5H,6-15H2,1H3,(H,22,24). The van der Waals surface area contributed by atoms with Crippen molar-refractivity contribution < 1.29 is 18.7 Å². The number of nitrogens with one attached hydrogen (secondary N) is 1. The number of aryl methyl sites for hydroxylation is 1. The largest absolute Gasteiger partial charge is 0.451 e. The van der Waals surface area contributed by atoms with E-state index in [1.54, 1.807) is 0 Å². The summed E-state index contributed by atoms with van der Waals surface area (Å²) in [7, 11) is 0. The van der Waals surface area contributed by atoms with Gasteiger partial charge < -0.3 is 19.2 Å². The molecule has 0 radical (unpaired) electrons. The first-order valence-electron chi connectivity index (χ1n) is 9.81. The zero-order chi connectivity index (χ0) is 18.7. The Labute approximate surface area is 159 Å². The summed E-state index contributed by atoms with van der Waals surface area (Å²) < 4.78 is 16.9. The van der Waals surface area contributed by atoms with Crippen LogP contribution in [0.5, 0.6) is 0 Å². The van der Waals surface area contributed by atoms with Crippen molar-refractivity contribution in [1.29, 1.82) is 0 Å². The van der Waals surface area contributed by atoms with Crippen LogP contribution in [0.4, 0.5) is 0 Å². The molecule has 1 amide bonds.